The molecule has 0 unspecified atom stereocenters. The first-order chi connectivity index (χ1) is 12.1. The monoisotopic (exact) mass is 517 g/mol. The van der Waals surface area contributed by atoms with Gasteiger partial charge in [0.2, 0.25) is 10.0 Å². The molecule has 1 fully saturated rings. The topological polar surface area (TPSA) is 77.0 Å². The number of rotatable bonds is 9. The molecule has 0 bridgehead atoms. The van der Waals surface area contributed by atoms with Crippen molar-refractivity contribution in [1.29, 1.82) is 0 Å². The zero-order chi connectivity index (χ0) is 19.7. The highest BCUT2D eigenvalue weighted by Gasteiger charge is 2.24. The number of piperidine rings is 1. The third-order valence-corrected chi connectivity index (χ3v) is 6.19. The van der Waals surface area contributed by atoms with Crippen LogP contribution in [0.15, 0.2) is 4.99 Å². The van der Waals surface area contributed by atoms with Gasteiger partial charge in [0.05, 0.1) is 6.26 Å². The molecule has 1 saturated heterocycles. The Balaban J connectivity index is 0.00000676. The fourth-order valence-electron chi connectivity index (χ4n) is 3.40. The van der Waals surface area contributed by atoms with Crippen molar-refractivity contribution in [2.75, 3.05) is 45.5 Å². The lowest BCUT2D eigenvalue weighted by atomic mass is 9.98. The number of hydrogen-bond donors (Lipinski definition) is 2. The van der Waals surface area contributed by atoms with E-state index in [0.717, 1.165) is 45.0 Å². The fourth-order valence-corrected chi connectivity index (χ4v) is 4.28. The maximum atomic E-state index is 11.6. The summed E-state index contributed by atoms with van der Waals surface area (Å²) in [4.78, 5) is 7.17. The van der Waals surface area contributed by atoms with Gasteiger partial charge in [0.15, 0.2) is 5.96 Å². The summed E-state index contributed by atoms with van der Waals surface area (Å²) in [7, 11) is -3.06. The molecule has 1 aliphatic heterocycles. The van der Waals surface area contributed by atoms with Gasteiger partial charge < -0.3 is 10.6 Å². The lowest BCUT2D eigenvalue weighted by Crippen LogP contribution is -2.45. The summed E-state index contributed by atoms with van der Waals surface area (Å²) in [6.07, 6.45) is 3.05. The molecule has 2 N–H and O–H groups in total. The van der Waals surface area contributed by atoms with Gasteiger partial charge in [-0.2, -0.15) is 0 Å². The molecule has 7 nitrogen and oxygen atoms in total. The first kappa shape index (κ1) is 26.9. The quantitative estimate of drug-likeness (QED) is 0.278. The average molecular weight is 518 g/mol. The number of halogens is 1. The molecule has 0 spiro atoms. The third kappa shape index (κ3) is 10.3. The molecule has 0 atom stereocenters. The second-order valence-electron chi connectivity index (χ2n) is 7.68. The molecule has 1 heterocycles. The van der Waals surface area contributed by atoms with E-state index in [1.807, 2.05) is 0 Å². The van der Waals surface area contributed by atoms with Crippen molar-refractivity contribution in [2.45, 2.75) is 59.5 Å². The minimum atomic E-state index is -3.06. The van der Waals surface area contributed by atoms with Crippen molar-refractivity contribution >= 4 is 40.0 Å². The van der Waals surface area contributed by atoms with Crippen molar-refractivity contribution in [2.24, 2.45) is 10.9 Å². The molecule has 9 heteroatoms. The Labute approximate surface area is 183 Å². The van der Waals surface area contributed by atoms with E-state index < -0.39 is 10.0 Å². The Morgan fingerprint density at radius 3 is 2.15 bits per heavy atom. The van der Waals surface area contributed by atoms with Crippen LogP contribution in [0.5, 0.6) is 0 Å². The molecule has 0 saturated carbocycles. The number of nitrogens with one attached hydrogen (secondary N) is 2. The highest BCUT2D eigenvalue weighted by atomic mass is 127. The predicted octanol–water partition coefficient (Wildman–Crippen LogP) is 1.95. The molecule has 0 aromatic heterocycles. The van der Waals surface area contributed by atoms with Crippen LogP contribution in [-0.4, -0.2) is 81.2 Å². The van der Waals surface area contributed by atoms with Crippen LogP contribution in [0.1, 0.15) is 47.5 Å². The van der Waals surface area contributed by atoms with Crippen molar-refractivity contribution in [3.05, 3.63) is 0 Å². The molecule has 1 aliphatic rings. The Hall–Kier alpha value is -0.130. The van der Waals surface area contributed by atoms with Crippen LogP contribution in [0.3, 0.4) is 0 Å². The largest absolute Gasteiger partial charge is 0.357 e. The van der Waals surface area contributed by atoms with Crippen LogP contribution in [0.25, 0.3) is 0 Å². The summed E-state index contributed by atoms with van der Waals surface area (Å²) < 4.78 is 24.7. The Bertz CT molecular complexity index is 524. The van der Waals surface area contributed by atoms with E-state index in [4.69, 9.17) is 4.99 Å². The summed E-state index contributed by atoms with van der Waals surface area (Å²) in [6.45, 7) is 15.6. The first-order valence-corrected chi connectivity index (χ1v) is 11.7. The van der Waals surface area contributed by atoms with Gasteiger partial charge in [0, 0.05) is 51.4 Å². The Morgan fingerprint density at radius 1 is 1.15 bits per heavy atom. The van der Waals surface area contributed by atoms with E-state index in [-0.39, 0.29) is 24.0 Å². The molecule has 27 heavy (non-hydrogen) atoms. The number of aliphatic imine (C=N–C) groups is 1. The second-order valence-corrected chi connectivity index (χ2v) is 9.66. The Kier molecular flexibility index (Phi) is 13.1. The van der Waals surface area contributed by atoms with Gasteiger partial charge in [-0.1, -0.05) is 0 Å². The minimum Gasteiger partial charge on any atom is -0.357 e. The summed E-state index contributed by atoms with van der Waals surface area (Å²) in [5, 5.41) is 6.73. The van der Waals surface area contributed by atoms with E-state index in [1.165, 1.54) is 6.26 Å². The smallest absolute Gasteiger partial charge is 0.211 e. The number of nitrogens with zero attached hydrogens (tertiary/aromatic N) is 3. The zero-order valence-electron chi connectivity index (χ0n) is 17.9. The van der Waals surface area contributed by atoms with Crippen LogP contribution in [0.2, 0.25) is 0 Å². The van der Waals surface area contributed by atoms with Gasteiger partial charge in [-0.15, -0.1) is 24.0 Å². The molecular weight excluding hydrogens is 477 g/mol. The molecule has 0 aromatic carbocycles. The summed E-state index contributed by atoms with van der Waals surface area (Å²) >= 11 is 0. The van der Waals surface area contributed by atoms with Crippen molar-refractivity contribution in [3.8, 4) is 0 Å². The van der Waals surface area contributed by atoms with E-state index in [1.54, 1.807) is 4.31 Å². The van der Waals surface area contributed by atoms with Gasteiger partial charge >= 0.3 is 0 Å². The predicted molar refractivity (Wildman–Crippen MR) is 126 cm³/mol. The van der Waals surface area contributed by atoms with Crippen molar-refractivity contribution < 1.29 is 8.42 Å². The van der Waals surface area contributed by atoms with Gasteiger partial charge in [-0.05, 0) is 53.4 Å². The Morgan fingerprint density at radius 2 is 1.70 bits per heavy atom. The van der Waals surface area contributed by atoms with E-state index in [9.17, 15) is 8.42 Å². The van der Waals surface area contributed by atoms with Gasteiger partial charge in [0.25, 0.3) is 0 Å². The van der Waals surface area contributed by atoms with E-state index in [2.05, 4.69) is 50.2 Å². The van der Waals surface area contributed by atoms with Crippen LogP contribution in [0.4, 0.5) is 0 Å². The standard InChI is InChI=1S/C18H39N5O2S.HI/c1-7-19-18(20-10-13-23(15(2)3)16(4)5)21-14-17-8-11-22(12-9-17)26(6,24)25;/h15-17H,7-14H2,1-6H3,(H2,19,20,21);1H. The van der Waals surface area contributed by atoms with Crippen LogP contribution in [-0.2, 0) is 10.0 Å². The van der Waals surface area contributed by atoms with E-state index in [0.29, 0.717) is 31.1 Å². The highest BCUT2D eigenvalue weighted by molar-refractivity contribution is 14.0. The van der Waals surface area contributed by atoms with Crippen molar-refractivity contribution in [3.63, 3.8) is 0 Å². The number of sulfonamides is 1. The maximum absolute atomic E-state index is 11.6. The zero-order valence-corrected chi connectivity index (χ0v) is 21.0. The molecular formula is C18H40IN5O2S. The number of hydrogen-bond acceptors (Lipinski definition) is 4. The van der Waals surface area contributed by atoms with Gasteiger partial charge in [0.1, 0.15) is 0 Å². The molecule has 162 valence electrons. The summed E-state index contributed by atoms with van der Waals surface area (Å²) in [5.74, 6) is 1.30. The van der Waals surface area contributed by atoms with E-state index >= 15 is 0 Å². The second kappa shape index (κ2) is 13.2. The lowest BCUT2D eigenvalue weighted by molar-refractivity contribution is 0.178. The first-order valence-electron chi connectivity index (χ1n) is 9.88. The SMILES string of the molecule is CCNC(=NCC1CCN(S(C)(=O)=O)CC1)NCCN(C(C)C)C(C)C.I. The highest BCUT2D eigenvalue weighted by Crippen LogP contribution is 2.19. The fraction of sp³-hybridized carbons (Fsp3) is 0.944. The average Bonchev–Trinajstić information content (AvgIpc) is 2.55. The normalized spacial score (nSPS) is 17.4. The molecule has 0 aromatic rings. The third-order valence-electron chi connectivity index (χ3n) is 4.88. The van der Waals surface area contributed by atoms with Crippen LogP contribution >= 0.6 is 24.0 Å². The van der Waals surface area contributed by atoms with Crippen LogP contribution in [0, 0.1) is 5.92 Å². The molecule has 0 radical (unpaired) electrons. The maximum Gasteiger partial charge on any atom is 0.211 e. The van der Waals surface area contributed by atoms with Crippen molar-refractivity contribution in [1.82, 2.24) is 19.8 Å². The number of guanidine groups is 1. The lowest BCUT2D eigenvalue weighted by Gasteiger charge is -2.31. The molecule has 1 rings (SSSR count). The molecule has 0 aliphatic carbocycles. The summed E-state index contributed by atoms with van der Waals surface area (Å²) in [5.41, 5.74) is 0. The summed E-state index contributed by atoms with van der Waals surface area (Å²) in [6, 6.07) is 1.05. The van der Waals surface area contributed by atoms with Crippen LogP contribution < -0.4 is 10.6 Å². The minimum absolute atomic E-state index is 0. The van der Waals surface area contributed by atoms with Gasteiger partial charge in [-0.25, -0.2) is 12.7 Å². The van der Waals surface area contributed by atoms with Gasteiger partial charge in [-0.3, -0.25) is 9.89 Å². The molecule has 0 amide bonds.